The highest BCUT2D eigenvalue weighted by Gasteiger charge is 2.14. The average molecular weight is 322 g/mol. The molecule has 0 bridgehead atoms. The zero-order valence-electron chi connectivity index (χ0n) is 11.7. The van der Waals surface area contributed by atoms with Gasteiger partial charge in [0, 0.05) is 36.4 Å². The molecule has 1 unspecified atom stereocenters. The summed E-state index contributed by atoms with van der Waals surface area (Å²) in [4.78, 5) is 4.42. The molecule has 0 saturated heterocycles. The number of hydrogen-bond acceptors (Lipinski definition) is 2. The molecule has 1 aromatic carbocycles. The SMILES string of the molecule is CCNC(Cc1nccn1C)c1cc(C)cc(Br)c1. The fourth-order valence-electron chi connectivity index (χ4n) is 2.30. The maximum atomic E-state index is 4.42. The minimum absolute atomic E-state index is 0.294. The van der Waals surface area contributed by atoms with Crippen molar-refractivity contribution in [2.24, 2.45) is 7.05 Å². The first kappa shape index (κ1) is 14.3. The molecular formula is C15H20BrN3. The molecular weight excluding hydrogens is 302 g/mol. The lowest BCUT2D eigenvalue weighted by Crippen LogP contribution is -2.24. The van der Waals surface area contributed by atoms with Gasteiger partial charge in [0.2, 0.25) is 0 Å². The van der Waals surface area contributed by atoms with Crippen molar-refractivity contribution in [3.63, 3.8) is 0 Å². The molecule has 0 aliphatic carbocycles. The van der Waals surface area contributed by atoms with E-state index < -0.39 is 0 Å². The van der Waals surface area contributed by atoms with Gasteiger partial charge in [0.05, 0.1) is 0 Å². The van der Waals surface area contributed by atoms with Crippen LogP contribution in [0.15, 0.2) is 35.1 Å². The second-order valence-electron chi connectivity index (χ2n) is 4.83. The summed E-state index contributed by atoms with van der Waals surface area (Å²) < 4.78 is 3.21. The Hall–Kier alpha value is -1.13. The molecule has 0 amide bonds. The molecule has 102 valence electrons. The van der Waals surface area contributed by atoms with E-state index in [0.29, 0.717) is 6.04 Å². The van der Waals surface area contributed by atoms with Crippen molar-refractivity contribution in [2.45, 2.75) is 26.3 Å². The zero-order valence-corrected chi connectivity index (χ0v) is 13.2. The van der Waals surface area contributed by atoms with E-state index in [2.05, 4.69) is 62.8 Å². The van der Waals surface area contributed by atoms with E-state index in [0.717, 1.165) is 23.3 Å². The molecule has 0 aliphatic heterocycles. The molecule has 1 heterocycles. The van der Waals surface area contributed by atoms with Crippen molar-refractivity contribution < 1.29 is 0 Å². The maximum absolute atomic E-state index is 4.42. The standard InChI is InChI=1S/C15H20BrN3/c1-4-17-14(10-15-18-5-6-19(15)3)12-7-11(2)8-13(16)9-12/h5-9,14,17H,4,10H2,1-3H3. The number of nitrogens with one attached hydrogen (secondary N) is 1. The molecule has 3 nitrogen and oxygen atoms in total. The molecule has 1 aromatic heterocycles. The Balaban J connectivity index is 2.26. The summed E-state index contributed by atoms with van der Waals surface area (Å²) in [5.41, 5.74) is 2.57. The first-order valence-electron chi connectivity index (χ1n) is 6.57. The van der Waals surface area contributed by atoms with E-state index in [-0.39, 0.29) is 0 Å². The van der Waals surface area contributed by atoms with Crippen molar-refractivity contribution in [2.75, 3.05) is 6.54 Å². The van der Waals surface area contributed by atoms with Crippen LogP contribution < -0.4 is 5.32 Å². The first-order valence-corrected chi connectivity index (χ1v) is 7.36. The van der Waals surface area contributed by atoms with Crippen LogP contribution in [0.1, 0.15) is 29.9 Å². The van der Waals surface area contributed by atoms with Gasteiger partial charge in [-0.15, -0.1) is 0 Å². The minimum Gasteiger partial charge on any atom is -0.338 e. The summed E-state index contributed by atoms with van der Waals surface area (Å²) >= 11 is 3.58. The molecule has 2 aromatic rings. The van der Waals surface area contributed by atoms with E-state index >= 15 is 0 Å². The van der Waals surface area contributed by atoms with Crippen LogP contribution in [0.2, 0.25) is 0 Å². The van der Waals surface area contributed by atoms with Gasteiger partial charge in [0.15, 0.2) is 0 Å². The molecule has 0 radical (unpaired) electrons. The highest BCUT2D eigenvalue weighted by Crippen LogP contribution is 2.23. The van der Waals surface area contributed by atoms with Gasteiger partial charge < -0.3 is 9.88 Å². The smallest absolute Gasteiger partial charge is 0.110 e. The predicted molar refractivity (Wildman–Crippen MR) is 82.2 cm³/mol. The van der Waals surface area contributed by atoms with Gasteiger partial charge in [0.25, 0.3) is 0 Å². The summed E-state index contributed by atoms with van der Waals surface area (Å²) in [5, 5.41) is 3.54. The lowest BCUT2D eigenvalue weighted by Gasteiger charge is -2.19. The molecule has 0 fully saturated rings. The van der Waals surface area contributed by atoms with Crippen LogP contribution in [0.25, 0.3) is 0 Å². The number of nitrogens with zero attached hydrogens (tertiary/aromatic N) is 2. The first-order chi connectivity index (χ1) is 9.10. The van der Waals surface area contributed by atoms with Crippen molar-refractivity contribution >= 4 is 15.9 Å². The Morgan fingerprint density at radius 3 is 2.74 bits per heavy atom. The molecule has 0 spiro atoms. The Morgan fingerprint density at radius 2 is 2.16 bits per heavy atom. The van der Waals surface area contributed by atoms with Crippen LogP contribution in [-0.4, -0.2) is 16.1 Å². The fraction of sp³-hybridized carbons (Fsp3) is 0.400. The summed E-state index contributed by atoms with van der Waals surface area (Å²) in [7, 11) is 2.04. The molecule has 4 heteroatoms. The second-order valence-corrected chi connectivity index (χ2v) is 5.75. The quantitative estimate of drug-likeness (QED) is 0.914. The molecule has 2 rings (SSSR count). The number of aryl methyl sites for hydroxylation is 2. The third-order valence-electron chi connectivity index (χ3n) is 3.23. The summed E-state index contributed by atoms with van der Waals surface area (Å²) in [6.07, 6.45) is 4.74. The zero-order chi connectivity index (χ0) is 13.8. The van der Waals surface area contributed by atoms with Crippen LogP contribution in [0, 0.1) is 6.92 Å². The van der Waals surface area contributed by atoms with Crippen LogP contribution in [0.4, 0.5) is 0 Å². The number of benzene rings is 1. The molecule has 1 atom stereocenters. The molecule has 0 aliphatic rings. The highest BCUT2D eigenvalue weighted by atomic mass is 79.9. The number of likely N-dealkylation sites (N-methyl/N-ethyl adjacent to an activating group) is 1. The number of imidazole rings is 1. The topological polar surface area (TPSA) is 29.9 Å². The van der Waals surface area contributed by atoms with Crippen LogP contribution >= 0.6 is 15.9 Å². The van der Waals surface area contributed by atoms with E-state index in [1.807, 2.05) is 19.4 Å². The molecule has 0 saturated carbocycles. The van der Waals surface area contributed by atoms with Gasteiger partial charge >= 0.3 is 0 Å². The number of halogens is 1. The lowest BCUT2D eigenvalue weighted by atomic mass is 10.0. The number of hydrogen-bond donors (Lipinski definition) is 1. The fourth-order valence-corrected chi connectivity index (χ4v) is 2.92. The normalized spacial score (nSPS) is 12.6. The van der Waals surface area contributed by atoms with Crippen molar-refractivity contribution in [3.8, 4) is 0 Å². The minimum atomic E-state index is 0.294. The van der Waals surface area contributed by atoms with Gasteiger partial charge in [-0.05, 0) is 36.7 Å². The Labute approximate surface area is 123 Å². The van der Waals surface area contributed by atoms with E-state index in [9.17, 15) is 0 Å². The van der Waals surface area contributed by atoms with Crippen molar-refractivity contribution in [3.05, 3.63) is 52.0 Å². The van der Waals surface area contributed by atoms with Crippen LogP contribution in [-0.2, 0) is 13.5 Å². The van der Waals surface area contributed by atoms with E-state index in [1.165, 1.54) is 11.1 Å². The monoisotopic (exact) mass is 321 g/mol. The van der Waals surface area contributed by atoms with Gasteiger partial charge in [-0.2, -0.15) is 0 Å². The lowest BCUT2D eigenvalue weighted by molar-refractivity contribution is 0.528. The average Bonchev–Trinajstić information content (AvgIpc) is 2.73. The number of rotatable bonds is 5. The second kappa shape index (κ2) is 6.35. The maximum Gasteiger partial charge on any atom is 0.110 e. The van der Waals surface area contributed by atoms with Crippen LogP contribution in [0.3, 0.4) is 0 Å². The van der Waals surface area contributed by atoms with E-state index in [1.54, 1.807) is 0 Å². The predicted octanol–water partition coefficient (Wildman–Crippen LogP) is 3.38. The largest absolute Gasteiger partial charge is 0.338 e. The summed E-state index contributed by atoms with van der Waals surface area (Å²) in [6, 6.07) is 6.85. The van der Waals surface area contributed by atoms with E-state index in [4.69, 9.17) is 0 Å². The summed E-state index contributed by atoms with van der Waals surface area (Å²) in [6.45, 7) is 5.20. The van der Waals surface area contributed by atoms with Gasteiger partial charge in [-0.1, -0.05) is 28.9 Å². The third kappa shape index (κ3) is 3.67. The molecule has 1 N–H and O–H groups in total. The highest BCUT2D eigenvalue weighted by molar-refractivity contribution is 9.10. The van der Waals surface area contributed by atoms with Crippen molar-refractivity contribution in [1.82, 2.24) is 14.9 Å². The molecule has 19 heavy (non-hydrogen) atoms. The third-order valence-corrected chi connectivity index (χ3v) is 3.68. The van der Waals surface area contributed by atoms with Gasteiger partial charge in [0.1, 0.15) is 5.82 Å². The number of aromatic nitrogens is 2. The van der Waals surface area contributed by atoms with Crippen molar-refractivity contribution in [1.29, 1.82) is 0 Å². The van der Waals surface area contributed by atoms with Crippen LogP contribution in [0.5, 0.6) is 0 Å². The van der Waals surface area contributed by atoms with Gasteiger partial charge in [-0.3, -0.25) is 0 Å². The van der Waals surface area contributed by atoms with Gasteiger partial charge in [-0.25, -0.2) is 4.98 Å². The Morgan fingerprint density at radius 1 is 1.37 bits per heavy atom. The summed E-state index contributed by atoms with van der Waals surface area (Å²) in [5.74, 6) is 1.10. The Bertz CT molecular complexity index is 528. The Kier molecular flexibility index (Phi) is 4.77.